The van der Waals surface area contributed by atoms with Crippen LogP contribution in [0.15, 0.2) is 41.0 Å². The number of aromatic nitrogens is 1. The fourth-order valence-corrected chi connectivity index (χ4v) is 2.41. The largest absolute Gasteiger partial charge is 0.370 e. The minimum atomic E-state index is -0.139. The summed E-state index contributed by atoms with van der Waals surface area (Å²) in [5, 5.41) is 6.16. The molecule has 0 radical (unpaired) electrons. The lowest BCUT2D eigenvalue weighted by Gasteiger charge is -2.11. The van der Waals surface area contributed by atoms with Gasteiger partial charge in [-0.05, 0) is 48.7 Å². The molecule has 22 heavy (non-hydrogen) atoms. The van der Waals surface area contributed by atoms with Gasteiger partial charge in [-0.25, -0.2) is 4.98 Å². The number of hydrogen-bond donors (Lipinski definition) is 2. The number of rotatable bonds is 5. The molecule has 1 amide bonds. The molecule has 1 aromatic carbocycles. The lowest BCUT2D eigenvalue weighted by atomic mass is 10.2. The smallest absolute Gasteiger partial charge is 0.255 e. The van der Waals surface area contributed by atoms with Crippen LogP contribution in [0.5, 0.6) is 0 Å². The van der Waals surface area contributed by atoms with Crippen LogP contribution in [-0.4, -0.2) is 17.4 Å². The highest BCUT2D eigenvalue weighted by atomic mass is 79.9. The van der Waals surface area contributed by atoms with Gasteiger partial charge in [0.2, 0.25) is 0 Å². The Morgan fingerprint density at radius 1 is 1.27 bits per heavy atom. The Balaban J connectivity index is 2.10. The molecule has 0 saturated carbocycles. The first-order valence-corrected chi connectivity index (χ1v) is 8.02. The fourth-order valence-electron chi connectivity index (χ4n) is 1.94. The third kappa shape index (κ3) is 4.56. The van der Waals surface area contributed by atoms with Gasteiger partial charge in [0, 0.05) is 28.5 Å². The first-order chi connectivity index (χ1) is 10.5. The molecule has 4 nitrogen and oxygen atoms in total. The highest BCUT2D eigenvalue weighted by Gasteiger charge is 2.09. The van der Waals surface area contributed by atoms with Crippen molar-refractivity contribution in [2.75, 3.05) is 17.2 Å². The number of anilines is 2. The number of nitrogens with one attached hydrogen (secondary N) is 2. The molecule has 1 heterocycles. The Kier molecular flexibility index (Phi) is 5.55. The molecule has 0 spiro atoms. The SMILES string of the molecule is Cc1cc(Br)ccc1NC(=O)c1ccnc(NCC(C)C)c1. The van der Waals surface area contributed by atoms with E-state index in [1.54, 1.807) is 18.3 Å². The van der Waals surface area contributed by atoms with Crippen molar-refractivity contribution in [2.24, 2.45) is 5.92 Å². The molecule has 0 atom stereocenters. The summed E-state index contributed by atoms with van der Waals surface area (Å²) in [6.45, 7) is 7.03. The highest BCUT2D eigenvalue weighted by Crippen LogP contribution is 2.21. The van der Waals surface area contributed by atoms with E-state index in [-0.39, 0.29) is 5.91 Å². The van der Waals surface area contributed by atoms with Crippen molar-refractivity contribution in [1.29, 1.82) is 0 Å². The maximum absolute atomic E-state index is 12.4. The van der Waals surface area contributed by atoms with Gasteiger partial charge in [-0.3, -0.25) is 4.79 Å². The molecule has 2 N–H and O–H groups in total. The van der Waals surface area contributed by atoms with Crippen LogP contribution in [0.3, 0.4) is 0 Å². The van der Waals surface area contributed by atoms with Gasteiger partial charge in [-0.2, -0.15) is 0 Å². The normalized spacial score (nSPS) is 10.6. The van der Waals surface area contributed by atoms with Crippen molar-refractivity contribution >= 4 is 33.3 Å². The van der Waals surface area contributed by atoms with E-state index in [2.05, 4.69) is 45.4 Å². The molecule has 0 aliphatic heterocycles. The number of carbonyl (C=O) groups excluding carboxylic acids is 1. The van der Waals surface area contributed by atoms with Gasteiger partial charge >= 0.3 is 0 Å². The van der Waals surface area contributed by atoms with Crippen LogP contribution in [0, 0.1) is 12.8 Å². The van der Waals surface area contributed by atoms with Crippen LogP contribution < -0.4 is 10.6 Å². The van der Waals surface area contributed by atoms with Gasteiger partial charge < -0.3 is 10.6 Å². The van der Waals surface area contributed by atoms with Crippen molar-refractivity contribution < 1.29 is 4.79 Å². The Morgan fingerprint density at radius 3 is 2.73 bits per heavy atom. The summed E-state index contributed by atoms with van der Waals surface area (Å²) in [5.41, 5.74) is 2.40. The van der Waals surface area contributed by atoms with E-state index in [9.17, 15) is 4.79 Å². The van der Waals surface area contributed by atoms with Crippen LogP contribution in [-0.2, 0) is 0 Å². The predicted octanol–water partition coefficient (Wildman–Crippen LogP) is 4.47. The van der Waals surface area contributed by atoms with Crippen LogP contribution in [0.1, 0.15) is 29.8 Å². The average Bonchev–Trinajstić information content (AvgIpc) is 2.48. The standard InChI is InChI=1S/C17H20BrN3O/c1-11(2)10-20-16-9-13(6-7-19-16)17(22)21-15-5-4-14(18)8-12(15)3/h4-9,11H,10H2,1-3H3,(H,19,20)(H,21,22). The second-order valence-corrected chi connectivity index (χ2v) is 6.53. The van der Waals surface area contributed by atoms with Crippen molar-refractivity contribution in [3.63, 3.8) is 0 Å². The first-order valence-electron chi connectivity index (χ1n) is 7.23. The molecule has 2 aromatic rings. The molecule has 0 aliphatic rings. The number of pyridine rings is 1. The summed E-state index contributed by atoms with van der Waals surface area (Å²) in [6.07, 6.45) is 1.64. The zero-order valence-corrected chi connectivity index (χ0v) is 14.6. The van der Waals surface area contributed by atoms with Crippen molar-refractivity contribution in [2.45, 2.75) is 20.8 Å². The quantitative estimate of drug-likeness (QED) is 0.825. The third-order valence-electron chi connectivity index (χ3n) is 3.15. The number of carbonyl (C=O) groups is 1. The maximum Gasteiger partial charge on any atom is 0.255 e. The lowest BCUT2D eigenvalue weighted by molar-refractivity contribution is 0.102. The zero-order chi connectivity index (χ0) is 16.1. The maximum atomic E-state index is 12.4. The molecule has 1 aromatic heterocycles. The van der Waals surface area contributed by atoms with E-state index >= 15 is 0 Å². The molecule has 0 bridgehead atoms. The van der Waals surface area contributed by atoms with E-state index < -0.39 is 0 Å². The highest BCUT2D eigenvalue weighted by molar-refractivity contribution is 9.10. The van der Waals surface area contributed by atoms with Gasteiger partial charge in [-0.15, -0.1) is 0 Å². The van der Waals surface area contributed by atoms with E-state index in [1.165, 1.54) is 0 Å². The lowest BCUT2D eigenvalue weighted by Crippen LogP contribution is -2.14. The van der Waals surface area contributed by atoms with Crippen molar-refractivity contribution in [3.8, 4) is 0 Å². The molecule has 0 fully saturated rings. The van der Waals surface area contributed by atoms with Gasteiger partial charge in [0.25, 0.3) is 5.91 Å². The second kappa shape index (κ2) is 7.40. The number of nitrogens with zero attached hydrogens (tertiary/aromatic N) is 1. The van der Waals surface area contributed by atoms with E-state index in [1.807, 2.05) is 25.1 Å². The minimum Gasteiger partial charge on any atom is -0.370 e. The Labute approximate surface area is 139 Å². The third-order valence-corrected chi connectivity index (χ3v) is 3.64. The number of benzene rings is 1. The molecule has 0 unspecified atom stereocenters. The topological polar surface area (TPSA) is 54.0 Å². The Hall–Kier alpha value is -1.88. The van der Waals surface area contributed by atoms with Gasteiger partial charge in [0.1, 0.15) is 5.82 Å². The van der Waals surface area contributed by atoms with E-state index in [0.29, 0.717) is 17.3 Å². The summed E-state index contributed by atoms with van der Waals surface area (Å²) in [6, 6.07) is 9.25. The number of halogens is 1. The monoisotopic (exact) mass is 361 g/mol. The summed E-state index contributed by atoms with van der Waals surface area (Å²) in [7, 11) is 0. The Bertz CT molecular complexity index is 671. The summed E-state index contributed by atoms with van der Waals surface area (Å²) in [4.78, 5) is 16.6. The molecular weight excluding hydrogens is 342 g/mol. The zero-order valence-electron chi connectivity index (χ0n) is 13.0. The van der Waals surface area contributed by atoms with Crippen LogP contribution in [0.25, 0.3) is 0 Å². The van der Waals surface area contributed by atoms with E-state index in [0.717, 1.165) is 22.3 Å². The number of amides is 1. The minimum absolute atomic E-state index is 0.139. The molecule has 116 valence electrons. The van der Waals surface area contributed by atoms with Crippen LogP contribution in [0.4, 0.5) is 11.5 Å². The summed E-state index contributed by atoms with van der Waals surface area (Å²) in [5.74, 6) is 1.10. The van der Waals surface area contributed by atoms with Gasteiger partial charge in [0.05, 0.1) is 0 Å². The molecule has 5 heteroatoms. The van der Waals surface area contributed by atoms with Gasteiger partial charge in [-0.1, -0.05) is 29.8 Å². The van der Waals surface area contributed by atoms with Crippen molar-refractivity contribution in [1.82, 2.24) is 4.98 Å². The van der Waals surface area contributed by atoms with Crippen LogP contribution >= 0.6 is 15.9 Å². The predicted molar refractivity (Wildman–Crippen MR) is 94.4 cm³/mol. The summed E-state index contributed by atoms with van der Waals surface area (Å²) >= 11 is 3.42. The number of hydrogen-bond acceptors (Lipinski definition) is 3. The second-order valence-electron chi connectivity index (χ2n) is 5.62. The molecule has 0 aliphatic carbocycles. The first kappa shape index (κ1) is 16.5. The van der Waals surface area contributed by atoms with E-state index in [4.69, 9.17) is 0 Å². The fraction of sp³-hybridized carbons (Fsp3) is 0.294. The molecule has 2 rings (SSSR count). The van der Waals surface area contributed by atoms with Gasteiger partial charge in [0.15, 0.2) is 0 Å². The summed E-state index contributed by atoms with van der Waals surface area (Å²) < 4.78 is 0.993. The molecular formula is C17H20BrN3O. The Morgan fingerprint density at radius 2 is 2.05 bits per heavy atom. The number of aryl methyl sites for hydroxylation is 1. The van der Waals surface area contributed by atoms with Crippen molar-refractivity contribution in [3.05, 3.63) is 52.1 Å². The average molecular weight is 362 g/mol. The molecule has 0 saturated heterocycles. The van der Waals surface area contributed by atoms with Crippen LogP contribution in [0.2, 0.25) is 0 Å².